The summed E-state index contributed by atoms with van der Waals surface area (Å²) < 4.78 is 54.6. The molecule has 0 aliphatic heterocycles. The van der Waals surface area contributed by atoms with Crippen molar-refractivity contribution in [2.75, 3.05) is 6.61 Å². The number of fused-ring (bicyclic) bond motifs is 3. The summed E-state index contributed by atoms with van der Waals surface area (Å²) in [6.45, 7) is 1.99. The Kier molecular flexibility index (Phi) is 7.18. The third kappa shape index (κ3) is 6.06. The van der Waals surface area contributed by atoms with E-state index in [1.807, 2.05) is 30.3 Å². The number of amides is 1. The van der Waals surface area contributed by atoms with Gasteiger partial charge in [0.2, 0.25) is 0 Å². The summed E-state index contributed by atoms with van der Waals surface area (Å²) in [6, 6.07) is 13.0. The lowest BCUT2D eigenvalue weighted by Crippen LogP contribution is -2.39. The average Bonchev–Trinajstić information content (AvgIpc) is 3.10. The van der Waals surface area contributed by atoms with Crippen molar-refractivity contribution in [3.63, 3.8) is 0 Å². The van der Waals surface area contributed by atoms with E-state index in [1.165, 1.54) is 18.2 Å². The first kappa shape index (κ1) is 24.4. The molecule has 0 saturated heterocycles. The van der Waals surface area contributed by atoms with E-state index in [-0.39, 0.29) is 31.5 Å². The Morgan fingerprint density at radius 2 is 1.89 bits per heavy atom. The zero-order valence-corrected chi connectivity index (χ0v) is 19.1. The second-order valence-corrected chi connectivity index (χ2v) is 8.19. The molecule has 1 amide bonds. The van der Waals surface area contributed by atoms with Crippen molar-refractivity contribution in [1.29, 1.82) is 0 Å². The highest BCUT2D eigenvalue weighted by molar-refractivity contribution is 5.88. The van der Waals surface area contributed by atoms with Crippen LogP contribution in [0.25, 0.3) is 10.9 Å². The van der Waals surface area contributed by atoms with Crippen LogP contribution in [0.4, 0.5) is 18.0 Å². The maximum absolute atomic E-state index is 12.8. The minimum atomic E-state index is -4.83. The summed E-state index contributed by atoms with van der Waals surface area (Å²) >= 11 is 0. The van der Waals surface area contributed by atoms with E-state index in [1.54, 1.807) is 11.5 Å². The van der Waals surface area contributed by atoms with Gasteiger partial charge >= 0.3 is 18.4 Å². The van der Waals surface area contributed by atoms with E-state index in [0.29, 0.717) is 30.2 Å². The highest BCUT2D eigenvalue weighted by Crippen LogP contribution is 2.36. The number of nitrogens with one attached hydrogen (secondary N) is 1. The molecule has 35 heavy (non-hydrogen) atoms. The number of aromatic nitrogens is 1. The summed E-state index contributed by atoms with van der Waals surface area (Å²) in [5.41, 5.74) is 3.04. The first-order valence-electron chi connectivity index (χ1n) is 11.3. The molecule has 4 rings (SSSR count). The third-order valence-corrected chi connectivity index (χ3v) is 5.80. The predicted octanol–water partition coefficient (Wildman–Crippen LogP) is 4.89. The van der Waals surface area contributed by atoms with Crippen LogP contribution in [-0.2, 0) is 40.3 Å². The summed E-state index contributed by atoms with van der Waals surface area (Å²) in [6.07, 6.45) is -3.93. The second kappa shape index (κ2) is 10.3. The molecule has 0 saturated carbocycles. The van der Waals surface area contributed by atoms with Gasteiger partial charge in [-0.25, -0.2) is 4.79 Å². The lowest BCUT2D eigenvalue weighted by molar-refractivity contribution is -0.274. The van der Waals surface area contributed by atoms with Crippen LogP contribution in [0.1, 0.15) is 30.2 Å². The first-order valence-corrected chi connectivity index (χ1v) is 11.3. The molecule has 1 aliphatic carbocycles. The van der Waals surface area contributed by atoms with E-state index in [4.69, 9.17) is 9.47 Å². The summed E-state index contributed by atoms with van der Waals surface area (Å²) in [5, 5.41) is 3.38. The highest BCUT2D eigenvalue weighted by atomic mass is 19.4. The molecule has 0 radical (unpaired) electrons. The molecule has 10 heteroatoms. The predicted molar refractivity (Wildman–Crippen MR) is 121 cm³/mol. The van der Waals surface area contributed by atoms with Gasteiger partial charge in [0, 0.05) is 22.6 Å². The van der Waals surface area contributed by atoms with Crippen molar-refractivity contribution < 1.29 is 37.0 Å². The summed E-state index contributed by atoms with van der Waals surface area (Å²) in [7, 11) is 0. The van der Waals surface area contributed by atoms with Crippen LogP contribution in [0.2, 0.25) is 0 Å². The van der Waals surface area contributed by atoms with Crippen molar-refractivity contribution in [2.45, 2.75) is 51.7 Å². The molecule has 1 N–H and O–H groups in total. The van der Waals surface area contributed by atoms with Crippen molar-refractivity contribution >= 4 is 23.0 Å². The standard InChI is InChI=1S/C25H25F3N2O5/c1-2-33-23(31)14-30-21-10-8-17(29-24(32)34-15-16-6-4-3-5-7-16)12-19(21)20-13-18(9-11-22(20)30)35-25(26,27)28/h3-7,9,11,13,17H,2,8,10,12,14-15H2,1H3,(H,29,32). The number of esters is 1. The lowest BCUT2D eigenvalue weighted by atomic mass is 9.91. The molecule has 1 unspecified atom stereocenters. The molecule has 0 spiro atoms. The Morgan fingerprint density at radius 1 is 1.11 bits per heavy atom. The molecule has 186 valence electrons. The largest absolute Gasteiger partial charge is 0.573 e. The van der Waals surface area contributed by atoms with E-state index >= 15 is 0 Å². The quantitative estimate of drug-likeness (QED) is 0.478. The smallest absolute Gasteiger partial charge is 0.465 e. The van der Waals surface area contributed by atoms with Gasteiger partial charge in [-0.2, -0.15) is 0 Å². The van der Waals surface area contributed by atoms with Gasteiger partial charge in [0.25, 0.3) is 0 Å². The van der Waals surface area contributed by atoms with E-state index in [0.717, 1.165) is 16.8 Å². The summed E-state index contributed by atoms with van der Waals surface area (Å²) in [4.78, 5) is 24.6. The van der Waals surface area contributed by atoms with Gasteiger partial charge in [0.1, 0.15) is 18.9 Å². The number of hydrogen-bond donors (Lipinski definition) is 1. The molecule has 1 aliphatic rings. The molecule has 3 aromatic rings. The number of carbonyl (C=O) groups excluding carboxylic acids is 2. The first-order chi connectivity index (χ1) is 16.7. The van der Waals surface area contributed by atoms with Crippen LogP contribution in [0, 0.1) is 0 Å². The van der Waals surface area contributed by atoms with Crippen molar-refractivity contribution in [3.05, 3.63) is 65.4 Å². The number of hydrogen-bond acceptors (Lipinski definition) is 5. The lowest BCUT2D eigenvalue weighted by Gasteiger charge is -2.24. The van der Waals surface area contributed by atoms with Crippen molar-refractivity contribution in [1.82, 2.24) is 9.88 Å². The Bertz CT molecular complexity index is 1210. The number of ether oxygens (including phenoxy) is 3. The van der Waals surface area contributed by atoms with Gasteiger partial charge < -0.3 is 24.1 Å². The number of alkyl halides is 3. The molecule has 1 heterocycles. The molecule has 7 nitrogen and oxygen atoms in total. The fraction of sp³-hybridized carbons (Fsp3) is 0.360. The molecular formula is C25H25F3N2O5. The van der Waals surface area contributed by atoms with Crippen LogP contribution in [0.3, 0.4) is 0 Å². The monoisotopic (exact) mass is 490 g/mol. The van der Waals surface area contributed by atoms with Crippen LogP contribution < -0.4 is 10.1 Å². The van der Waals surface area contributed by atoms with Gasteiger partial charge in [0.15, 0.2) is 0 Å². The van der Waals surface area contributed by atoms with Crippen molar-refractivity contribution in [2.24, 2.45) is 0 Å². The maximum atomic E-state index is 12.8. The minimum Gasteiger partial charge on any atom is -0.465 e. The molecule has 0 bridgehead atoms. The van der Waals surface area contributed by atoms with Crippen LogP contribution in [0.5, 0.6) is 5.75 Å². The molecule has 0 fully saturated rings. The number of halogens is 3. The Labute approximate surface area is 199 Å². The number of nitrogens with zero attached hydrogens (tertiary/aromatic N) is 1. The molecule has 1 atom stereocenters. The van der Waals surface area contributed by atoms with E-state index in [2.05, 4.69) is 10.1 Å². The number of carbonyl (C=O) groups is 2. The summed E-state index contributed by atoms with van der Waals surface area (Å²) in [5.74, 6) is -0.786. The normalized spacial score (nSPS) is 15.4. The topological polar surface area (TPSA) is 78.8 Å². The van der Waals surface area contributed by atoms with Gasteiger partial charge in [-0.3, -0.25) is 4.79 Å². The van der Waals surface area contributed by atoms with Crippen LogP contribution in [0.15, 0.2) is 48.5 Å². The van der Waals surface area contributed by atoms with Gasteiger partial charge in [-0.05, 0) is 55.5 Å². The number of rotatable bonds is 7. The van der Waals surface area contributed by atoms with Gasteiger partial charge in [0.05, 0.1) is 6.61 Å². The molecule has 1 aromatic heterocycles. The minimum absolute atomic E-state index is 0.0592. The number of benzene rings is 2. The molecular weight excluding hydrogens is 465 g/mol. The highest BCUT2D eigenvalue weighted by Gasteiger charge is 2.32. The van der Waals surface area contributed by atoms with E-state index < -0.39 is 18.4 Å². The average molecular weight is 490 g/mol. The van der Waals surface area contributed by atoms with Crippen LogP contribution in [-0.4, -0.2) is 35.6 Å². The molecule has 2 aromatic carbocycles. The van der Waals surface area contributed by atoms with Gasteiger partial charge in [-0.1, -0.05) is 30.3 Å². The fourth-order valence-corrected chi connectivity index (χ4v) is 4.40. The van der Waals surface area contributed by atoms with Gasteiger partial charge in [-0.15, -0.1) is 13.2 Å². The Hall–Kier alpha value is -3.69. The van der Waals surface area contributed by atoms with Crippen molar-refractivity contribution in [3.8, 4) is 5.75 Å². The zero-order chi connectivity index (χ0) is 25.0. The van der Waals surface area contributed by atoms with E-state index in [9.17, 15) is 22.8 Å². The van der Waals surface area contributed by atoms with Crippen LogP contribution >= 0.6 is 0 Å². The third-order valence-electron chi connectivity index (χ3n) is 5.80. The fourth-order valence-electron chi connectivity index (χ4n) is 4.40. The number of alkyl carbamates (subject to hydrolysis) is 1. The second-order valence-electron chi connectivity index (χ2n) is 8.19. The zero-order valence-electron chi connectivity index (χ0n) is 19.1. The Balaban J connectivity index is 1.56. The maximum Gasteiger partial charge on any atom is 0.573 e. The SMILES string of the molecule is CCOC(=O)Cn1c2c(c3cc(OC(F)(F)F)ccc31)CC(NC(=O)OCc1ccccc1)CC2. The Morgan fingerprint density at radius 3 is 2.60 bits per heavy atom.